The average molecular weight is 253 g/mol. The molecule has 0 spiro atoms. The molecule has 1 unspecified atom stereocenters. The van der Waals surface area contributed by atoms with Crippen molar-refractivity contribution in [1.29, 1.82) is 0 Å². The second kappa shape index (κ2) is 4.78. The van der Waals surface area contributed by atoms with Gasteiger partial charge in [-0.3, -0.25) is 9.69 Å². The average Bonchev–Trinajstić information content (AvgIpc) is 2.64. The Kier molecular flexibility index (Phi) is 3.54. The molecule has 94 valence electrons. The summed E-state index contributed by atoms with van der Waals surface area (Å²) in [7, 11) is 0. The summed E-state index contributed by atoms with van der Waals surface area (Å²) in [5.74, 6) is -0.662. The molecule has 0 amide bonds. The summed E-state index contributed by atoms with van der Waals surface area (Å²) in [5.41, 5.74) is 0.751. The molecular weight excluding hydrogens is 234 g/mol. The molecule has 1 N–H and O–H groups in total. The number of aliphatic carboxylic acids is 1. The van der Waals surface area contributed by atoms with Gasteiger partial charge in [0.1, 0.15) is 0 Å². The van der Waals surface area contributed by atoms with Crippen molar-refractivity contribution in [3.8, 4) is 0 Å². The number of piperidine rings is 1. The van der Waals surface area contributed by atoms with Crippen LogP contribution in [0.2, 0.25) is 0 Å². The van der Waals surface area contributed by atoms with Gasteiger partial charge in [-0.2, -0.15) is 0 Å². The number of aryl methyl sites for hydroxylation is 1. The Labute approximate surface area is 106 Å². The number of rotatable bonds is 3. The molecule has 3 nitrogen and oxygen atoms in total. The molecule has 1 fully saturated rings. The minimum atomic E-state index is -0.662. The summed E-state index contributed by atoms with van der Waals surface area (Å²) in [6.45, 7) is 6.56. The molecule has 1 saturated heterocycles. The van der Waals surface area contributed by atoms with Gasteiger partial charge in [0.25, 0.3) is 0 Å². The molecule has 1 aromatic heterocycles. The van der Waals surface area contributed by atoms with E-state index in [0.29, 0.717) is 6.54 Å². The van der Waals surface area contributed by atoms with Crippen molar-refractivity contribution >= 4 is 17.3 Å². The van der Waals surface area contributed by atoms with Gasteiger partial charge in [0.05, 0.1) is 5.41 Å². The maximum atomic E-state index is 11.3. The largest absolute Gasteiger partial charge is 0.481 e. The van der Waals surface area contributed by atoms with Crippen LogP contribution in [0.5, 0.6) is 0 Å². The molecule has 2 rings (SSSR count). The van der Waals surface area contributed by atoms with Crippen LogP contribution < -0.4 is 0 Å². The zero-order chi connectivity index (χ0) is 12.5. The summed E-state index contributed by atoms with van der Waals surface area (Å²) in [6, 6.07) is 2.13. The fraction of sp³-hybridized carbons (Fsp3) is 0.615. The van der Waals surface area contributed by atoms with E-state index in [-0.39, 0.29) is 0 Å². The van der Waals surface area contributed by atoms with Crippen molar-refractivity contribution in [1.82, 2.24) is 4.90 Å². The Balaban J connectivity index is 2.03. The highest BCUT2D eigenvalue weighted by Crippen LogP contribution is 2.31. The smallest absolute Gasteiger partial charge is 0.310 e. The van der Waals surface area contributed by atoms with E-state index in [0.717, 1.165) is 25.9 Å². The Morgan fingerprint density at radius 3 is 3.00 bits per heavy atom. The first-order valence-electron chi connectivity index (χ1n) is 6.00. The number of thiophene rings is 1. The summed E-state index contributed by atoms with van der Waals surface area (Å²) >= 11 is 1.76. The van der Waals surface area contributed by atoms with Crippen LogP contribution in [0, 0.1) is 12.3 Å². The van der Waals surface area contributed by atoms with Gasteiger partial charge in [-0.15, -0.1) is 11.3 Å². The van der Waals surface area contributed by atoms with E-state index in [1.165, 1.54) is 10.4 Å². The lowest BCUT2D eigenvalue weighted by Gasteiger charge is -2.37. The highest BCUT2D eigenvalue weighted by molar-refractivity contribution is 7.10. The molecular formula is C13H19NO2S. The van der Waals surface area contributed by atoms with Crippen LogP contribution in [-0.2, 0) is 11.3 Å². The van der Waals surface area contributed by atoms with Gasteiger partial charge in [-0.1, -0.05) is 0 Å². The van der Waals surface area contributed by atoms with Crippen LogP contribution in [0.15, 0.2) is 11.4 Å². The fourth-order valence-electron chi connectivity index (χ4n) is 2.42. The first-order chi connectivity index (χ1) is 8.01. The van der Waals surface area contributed by atoms with Gasteiger partial charge >= 0.3 is 5.97 Å². The normalized spacial score (nSPS) is 26.0. The van der Waals surface area contributed by atoms with Crippen molar-refractivity contribution in [2.75, 3.05) is 13.1 Å². The predicted molar refractivity (Wildman–Crippen MR) is 69.3 cm³/mol. The van der Waals surface area contributed by atoms with E-state index < -0.39 is 11.4 Å². The SMILES string of the molecule is Cc1ccsc1CN1CCCC(C)(C(=O)O)C1. The number of nitrogens with zero attached hydrogens (tertiary/aromatic N) is 1. The maximum absolute atomic E-state index is 11.3. The van der Waals surface area contributed by atoms with Gasteiger partial charge in [0.2, 0.25) is 0 Å². The third kappa shape index (κ3) is 2.69. The minimum absolute atomic E-state index is 0.566. The lowest BCUT2D eigenvalue weighted by Crippen LogP contribution is -2.45. The standard InChI is InChI=1S/C13H19NO2S/c1-10-4-7-17-11(10)8-14-6-3-5-13(2,9-14)12(15)16/h4,7H,3,5-6,8-9H2,1-2H3,(H,15,16). The monoisotopic (exact) mass is 253 g/mol. The van der Waals surface area contributed by atoms with Crippen LogP contribution in [-0.4, -0.2) is 29.1 Å². The molecule has 0 saturated carbocycles. The first-order valence-corrected chi connectivity index (χ1v) is 6.88. The van der Waals surface area contributed by atoms with Gasteiger partial charge < -0.3 is 5.11 Å². The summed E-state index contributed by atoms with van der Waals surface area (Å²) in [5, 5.41) is 11.4. The first kappa shape index (κ1) is 12.6. The van der Waals surface area contributed by atoms with E-state index >= 15 is 0 Å². The zero-order valence-corrected chi connectivity index (χ0v) is 11.2. The van der Waals surface area contributed by atoms with Gasteiger partial charge in [0, 0.05) is 18.0 Å². The number of likely N-dealkylation sites (tertiary alicyclic amines) is 1. The van der Waals surface area contributed by atoms with Crippen LogP contribution in [0.3, 0.4) is 0 Å². The van der Waals surface area contributed by atoms with Crippen molar-refractivity contribution in [2.45, 2.75) is 33.2 Å². The Bertz CT molecular complexity index is 415. The van der Waals surface area contributed by atoms with Crippen molar-refractivity contribution < 1.29 is 9.90 Å². The number of hydrogen-bond donors (Lipinski definition) is 1. The topological polar surface area (TPSA) is 40.5 Å². The molecule has 0 aromatic carbocycles. The quantitative estimate of drug-likeness (QED) is 0.900. The number of hydrogen-bond acceptors (Lipinski definition) is 3. The highest BCUT2D eigenvalue weighted by atomic mass is 32.1. The predicted octanol–water partition coefficient (Wildman–Crippen LogP) is 2.74. The van der Waals surface area contributed by atoms with E-state index in [1.54, 1.807) is 11.3 Å². The van der Waals surface area contributed by atoms with Crippen molar-refractivity contribution in [2.24, 2.45) is 5.41 Å². The fourth-order valence-corrected chi connectivity index (χ4v) is 3.37. The molecule has 0 bridgehead atoms. The lowest BCUT2D eigenvalue weighted by atomic mass is 9.82. The molecule has 1 aromatic rings. The van der Waals surface area contributed by atoms with Gasteiger partial charge in [0.15, 0.2) is 0 Å². The number of carbonyl (C=O) groups is 1. The Morgan fingerprint density at radius 1 is 1.65 bits per heavy atom. The summed E-state index contributed by atoms with van der Waals surface area (Å²) < 4.78 is 0. The molecule has 0 radical (unpaired) electrons. The van der Waals surface area contributed by atoms with Gasteiger partial charge in [-0.05, 0) is 50.2 Å². The lowest BCUT2D eigenvalue weighted by molar-refractivity contribution is -0.151. The summed E-state index contributed by atoms with van der Waals surface area (Å²) in [6.07, 6.45) is 1.77. The van der Waals surface area contributed by atoms with Crippen LogP contribution >= 0.6 is 11.3 Å². The van der Waals surface area contributed by atoms with E-state index in [4.69, 9.17) is 0 Å². The molecule has 1 atom stereocenters. The molecule has 17 heavy (non-hydrogen) atoms. The number of carboxylic acid groups (broad SMARTS) is 1. The van der Waals surface area contributed by atoms with Crippen LogP contribution in [0.25, 0.3) is 0 Å². The Morgan fingerprint density at radius 2 is 2.41 bits per heavy atom. The van der Waals surface area contributed by atoms with Crippen molar-refractivity contribution in [3.63, 3.8) is 0 Å². The van der Waals surface area contributed by atoms with E-state index in [2.05, 4.69) is 23.3 Å². The van der Waals surface area contributed by atoms with Crippen LogP contribution in [0.1, 0.15) is 30.2 Å². The van der Waals surface area contributed by atoms with E-state index in [1.807, 2.05) is 6.92 Å². The van der Waals surface area contributed by atoms with E-state index in [9.17, 15) is 9.90 Å². The highest BCUT2D eigenvalue weighted by Gasteiger charge is 2.37. The third-order valence-electron chi connectivity index (χ3n) is 3.63. The molecule has 4 heteroatoms. The summed E-state index contributed by atoms with van der Waals surface area (Å²) in [4.78, 5) is 14.9. The van der Waals surface area contributed by atoms with Gasteiger partial charge in [-0.25, -0.2) is 0 Å². The molecule has 1 aliphatic rings. The Hall–Kier alpha value is -0.870. The minimum Gasteiger partial charge on any atom is -0.481 e. The molecule has 0 aliphatic carbocycles. The number of carboxylic acids is 1. The van der Waals surface area contributed by atoms with Crippen LogP contribution in [0.4, 0.5) is 0 Å². The second-order valence-corrected chi connectivity index (χ2v) is 6.21. The third-order valence-corrected chi connectivity index (χ3v) is 4.63. The molecule has 2 heterocycles. The molecule has 1 aliphatic heterocycles. The zero-order valence-electron chi connectivity index (χ0n) is 10.4. The second-order valence-electron chi connectivity index (χ2n) is 5.21. The van der Waals surface area contributed by atoms with Crippen molar-refractivity contribution in [3.05, 3.63) is 21.9 Å². The maximum Gasteiger partial charge on any atom is 0.310 e.